The quantitative estimate of drug-likeness (QED) is 0.637. The molecule has 1 amide bonds. The fraction of sp³-hybridized carbons (Fsp3) is 0.478. The first-order valence-corrected chi connectivity index (χ1v) is 11.7. The van der Waals surface area contributed by atoms with Gasteiger partial charge in [0.25, 0.3) is 5.91 Å². The maximum absolute atomic E-state index is 13.1. The van der Waals surface area contributed by atoms with Crippen LogP contribution in [-0.2, 0) is 6.42 Å². The van der Waals surface area contributed by atoms with Gasteiger partial charge in [0.05, 0.1) is 6.20 Å². The van der Waals surface area contributed by atoms with Crippen LogP contribution in [0.3, 0.4) is 0 Å². The van der Waals surface area contributed by atoms with Crippen molar-refractivity contribution in [2.75, 3.05) is 38.1 Å². The minimum absolute atomic E-state index is 0.0182. The third-order valence-corrected chi connectivity index (χ3v) is 7.70. The Morgan fingerprint density at radius 1 is 1.27 bits per heavy atom. The van der Waals surface area contributed by atoms with Crippen LogP contribution in [0, 0.1) is 5.92 Å². The maximum Gasteiger partial charge on any atom is 0.263 e. The summed E-state index contributed by atoms with van der Waals surface area (Å²) in [6, 6.07) is 8.56. The Morgan fingerprint density at radius 3 is 2.83 bits per heavy atom. The largest absolute Gasteiger partial charge is 0.361 e. The standard InChI is InChI=1S/C23H29N5OS/c1-27-9-11-28(12-10-27)23-25-15-21(30-23)22(29)26-20(16-5-4-6-16)13-17-14-24-19-8-3-2-7-18(17)19/h2-3,7-8,14-16,20,24H,4-6,9-13H2,1H3,(H,26,29). The van der Waals surface area contributed by atoms with Gasteiger partial charge in [0, 0.05) is 49.3 Å². The molecule has 1 aliphatic heterocycles. The normalized spacial score (nSPS) is 19.0. The molecule has 1 aromatic carbocycles. The van der Waals surface area contributed by atoms with Gasteiger partial charge in [-0.25, -0.2) is 4.98 Å². The summed E-state index contributed by atoms with van der Waals surface area (Å²) in [5.41, 5.74) is 2.44. The number of amides is 1. The first-order valence-electron chi connectivity index (χ1n) is 10.9. The zero-order valence-electron chi connectivity index (χ0n) is 17.4. The van der Waals surface area contributed by atoms with Gasteiger partial charge in [-0.2, -0.15) is 0 Å². The van der Waals surface area contributed by atoms with Crippen LogP contribution in [0.5, 0.6) is 0 Å². The molecule has 2 N–H and O–H groups in total. The molecule has 1 saturated carbocycles. The molecule has 2 aliphatic rings. The van der Waals surface area contributed by atoms with Crippen LogP contribution in [0.4, 0.5) is 5.13 Å². The minimum atomic E-state index is 0.0182. The first-order chi connectivity index (χ1) is 14.7. The van der Waals surface area contributed by atoms with Crippen molar-refractivity contribution in [3.8, 4) is 0 Å². The molecule has 0 bridgehead atoms. The average Bonchev–Trinajstić information content (AvgIpc) is 3.35. The number of aromatic amines is 1. The number of thiazole rings is 1. The number of rotatable bonds is 6. The number of H-pyrrole nitrogens is 1. The molecule has 6 nitrogen and oxygen atoms in total. The number of hydrogen-bond acceptors (Lipinski definition) is 5. The molecular weight excluding hydrogens is 394 g/mol. The van der Waals surface area contributed by atoms with E-state index in [4.69, 9.17) is 0 Å². The molecule has 1 atom stereocenters. The molecule has 2 aromatic heterocycles. The van der Waals surface area contributed by atoms with Crippen LogP contribution < -0.4 is 10.2 Å². The summed E-state index contributed by atoms with van der Waals surface area (Å²) >= 11 is 1.52. The van der Waals surface area contributed by atoms with Crippen molar-refractivity contribution in [2.24, 2.45) is 5.92 Å². The van der Waals surface area contributed by atoms with Gasteiger partial charge >= 0.3 is 0 Å². The van der Waals surface area contributed by atoms with E-state index < -0.39 is 0 Å². The van der Waals surface area contributed by atoms with Crippen molar-refractivity contribution in [1.82, 2.24) is 20.2 Å². The Hall–Kier alpha value is -2.38. The Kier molecular flexibility index (Phi) is 5.48. The number of fused-ring (bicyclic) bond motifs is 1. The van der Waals surface area contributed by atoms with Crippen LogP contribution in [0.2, 0.25) is 0 Å². The number of carbonyl (C=O) groups excluding carboxylic acids is 1. The molecule has 1 unspecified atom stereocenters. The second-order valence-corrected chi connectivity index (χ2v) is 9.64. The van der Waals surface area contributed by atoms with Crippen molar-refractivity contribution < 1.29 is 4.79 Å². The second kappa shape index (κ2) is 8.40. The highest BCUT2D eigenvalue weighted by Crippen LogP contribution is 2.33. The SMILES string of the molecule is CN1CCN(c2ncc(C(=O)NC(Cc3c[nH]c4ccccc34)C3CCC3)s2)CC1. The van der Waals surface area contributed by atoms with Gasteiger partial charge in [0.2, 0.25) is 0 Å². The molecular formula is C23H29N5OS. The van der Waals surface area contributed by atoms with E-state index in [0.29, 0.717) is 10.8 Å². The van der Waals surface area contributed by atoms with Gasteiger partial charge < -0.3 is 20.1 Å². The zero-order chi connectivity index (χ0) is 20.5. The molecule has 5 rings (SSSR count). The molecule has 1 aliphatic carbocycles. The predicted octanol–water partition coefficient (Wildman–Crippen LogP) is 3.52. The minimum Gasteiger partial charge on any atom is -0.361 e. The number of nitrogens with zero attached hydrogens (tertiary/aromatic N) is 3. The van der Waals surface area contributed by atoms with Gasteiger partial charge in [0.1, 0.15) is 4.88 Å². The molecule has 7 heteroatoms. The first kappa shape index (κ1) is 19.6. The fourth-order valence-corrected chi connectivity index (χ4v) is 5.34. The van der Waals surface area contributed by atoms with E-state index in [9.17, 15) is 4.79 Å². The monoisotopic (exact) mass is 423 g/mol. The summed E-state index contributed by atoms with van der Waals surface area (Å²) in [5, 5.41) is 5.57. The number of aromatic nitrogens is 2. The molecule has 0 radical (unpaired) electrons. The van der Waals surface area contributed by atoms with E-state index in [1.165, 1.54) is 41.5 Å². The Morgan fingerprint density at radius 2 is 2.07 bits per heavy atom. The van der Waals surface area contributed by atoms with Crippen LogP contribution in [-0.4, -0.2) is 60.0 Å². The van der Waals surface area contributed by atoms with E-state index in [0.717, 1.165) is 43.2 Å². The lowest BCUT2D eigenvalue weighted by Gasteiger charge is -2.34. The highest BCUT2D eigenvalue weighted by atomic mass is 32.1. The Labute approximate surface area is 181 Å². The van der Waals surface area contributed by atoms with Crippen molar-refractivity contribution in [3.63, 3.8) is 0 Å². The van der Waals surface area contributed by atoms with E-state index in [1.807, 2.05) is 0 Å². The number of likely N-dealkylation sites (N-methyl/N-ethyl adjacent to an activating group) is 1. The molecule has 2 fully saturated rings. The summed E-state index contributed by atoms with van der Waals surface area (Å²) < 4.78 is 0. The molecule has 0 spiro atoms. The Bertz CT molecular complexity index is 1020. The van der Waals surface area contributed by atoms with Crippen LogP contribution in [0.25, 0.3) is 10.9 Å². The third kappa shape index (κ3) is 3.96. The third-order valence-electron chi connectivity index (χ3n) is 6.64. The average molecular weight is 424 g/mol. The van der Waals surface area contributed by atoms with E-state index in [2.05, 4.69) is 62.6 Å². The summed E-state index contributed by atoms with van der Waals surface area (Å²) in [5.74, 6) is 0.581. The van der Waals surface area contributed by atoms with Gasteiger partial charge in [-0.3, -0.25) is 4.79 Å². The van der Waals surface area contributed by atoms with Crippen molar-refractivity contribution in [3.05, 3.63) is 47.1 Å². The van der Waals surface area contributed by atoms with Crippen molar-refractivity contribution in [1.29, 1.82) is 0 Å². The number of piperazine rings is 1. The zero-order valence-corrected chi connectivity index (χ0v) is 18.3. The summed E-state index contributed by atoms with van der Waals surface area (Å²) in [7, 11) is 2.15. The van der Waals surface area contributed by atoms with Gasteiger partial charge in [0.15, 0.2) is 5.13 Å². The lowest BCUT2D eigenvalue weighted by Crippen LogP contribution is -2.44. The maximum atomic E-state index is 13.1. The van der Waals surface area contributed by atoms with E-state index >= 15 is 0 Å². The Balaban J connectivity index is 1.29. The van der Waals surface area contributed by atoms with Gasteiger partial charge in [-0.05, 0) is 43.9 Å². The fourth-order valence-electron chi connectivity index (χ4n) is 4.47. The van der Waals surface area contributed by atoms with Gasteiger partial charge in [-0.1, -0.05) is 36.0 Å². The number of hydrogen-bond donors (Lipinski definition) is 2. The molecule has 3 aromatic rings. The molecule has 3 heterocycles. The number of benzene rings is 1. The number of carbonyl (C=O) groups is 1. The molecule has 30 heavy (non-hydrogen) atoms. The topological polar surface area (TPSA) is 64.3 Å². The van der Waals surface area contributed by atoms with Crippen molar-refractivity contribution >= 4 is 33.3 Å². The number of para-hydroxylation sites is 1. The lowest BCUT2D eigenvalue weighted by molar-refractivity contribution is 0.0905. The summed E-state index contributed by atoms with van der Waals surface area (Å²) in [6.07, 6.45) is 8.37. The van der Waals surface area contributed by atoms with E-state index in [1.54, 1.807) is 6.20 Å². The second-order valence-electron chi connectivity index (χ2n) is 8.63. The highest BCUT2D eigenvalue weighted by Gasteiger charge is 2.30. The highest BCUT2D eigenvalue weighted by molar-refractivity contribution is 7.17. The number of anilines is 1. The van der Waals surface area contributed by atoms with E-state index in [-0.39, 0.29) is 11.9 Å². The number of nitrogens with one attached hydrogen (secondary N) is 2. The van der Waals surface area contributed by atoms with Crippen molar-refractivity contribution in [2.45, 2.75) is 31.7 Å². The smallest absolute Gasteiger partial charge is 0.263 e. The summed E-state index contributed by atoms with van der Waals surface area (Å²) in [4.78, 5) is 26.3. The summed E-state index contributed by atoms with van der Waals surface area (Å²) in [6.45, 7) is 4.01. The van der Waals surface area contributed by atoms with Crippen LogP contribution in [0.15, 0.2) is 36.7 Å². The van der Waals surface area contributed by atoms with Gasteiger partial charge in [-0.15, -0.1) is 0 Å². The van der Waals surface area contributed by atoms with Crippen LogP contribution >= 0.6 is 11.3 Å². The molecule has 1 saturated heterocycles. The lowest BCUT2D eigenvalue weighted by atomic mass is 9.77. The van der Waals surface area contributed by atoms with Crippen LogP contribution in [0.1, 0.15) is 34.5 Å². The predicted molar refractivity (Wildman–Crippen MR) is 122 cm³/mol. The molecule has 158 valence electrons.